The zero-order chi connectivity index (χ0) is 15.6. The van der Waals surface area contributed by atoms with Crippen molar-refractivity contribution in [3.63, 3.8) is 0 Å². The quantitative estimate of drug-likeness (QED) is 0.857. The summed E-state index contributed by atoms with van der Waals surface area (Å²) in [6, 6.07) is 0.102. The number of carbonyl (C=O) groups excluding carboxylic acids is 1. The number of hydrogen-bond donors (Lipinski definition) is 0. The molecule has 2 rings (SSSR count). The second-order valence-electron chi connectivity index (χ2n) is 6.48. The van der Waals surface area contributed by atoms with Crippen LogP contribution in [0.3, 0.4) is 0 Å². The number of hydrogen-bond acceptors (Lipinski definition) is 3. The first kappa shape index (κ1) is 16.0. The zero-order valence-electron chi connectivity index (χ0n) is 14.0. The first-order chi connectivity index (χ1) is 9.97. The van der Waals surface area contributed by atoms with Crippen LogP contribution in [0, 0.1) is 0 Å². The first-order valence-electron chi connectivity index (χ1n) is 8.21. The fourth-order valence-electron chi connectivity index (χ4n) is 3.19. The molecule has 5 nitrogen and oxygen atoms in total. The fraction of sp³-hybridized carbons (Fsp3) is 0.812. The van der Waals surface area contributed by atoms with Crippen molar-refractivity contribution in [1.29, 1.82) is 0 Å². The average Bonchev–Trinajstić information content (AvgIpc) is 2.72. The van der Waals surface area contributed by atoms with Crippen LogP contribution in [0.5, 0.6) is 0 Å². The van der Waals surface area contributed by atoms with Crippen LogP contribution >= 0.6 is 0 Å². The monoisotopic (exact) mass is 292 g/mol. The van der Waals surface area contributed by atoms with E-state index < -0.39 is 0 Å². The minimum Gasteiger partial charge on any atom is -0.339 e. The Balaban J connectivity index is 2.41. The van der Waals surface area contributed by atoms with Gasteiger partial charge >= 0.3 is 0 Å². The van der Waals surface area contributed by atoms with E-state index in [-0.39, 0.29) is 23.9 Å². The number of aryl methyl sites for hydroxylation is 1. The highest BCUT2D eigenvalue weighted by Gasteiger charge is 2.32. The zero-order valence-corrected chi connectivity index (χ0v) is 14.0. The van der Waals surface area contributed by atoms with E-state index in [9.17, 15) is 4.79 Å². The molecule has 0 bridgehead atoms. The molecular weight excluding hydrogens is 264 g/mol. The van der Waals surface area contributed by atoms with Crippen LogP contribution in [0.4, 0.5) is 0 Å². The van der Waals surface area contributed by atoms with Gasteiger partial charge in [0.1, 0.15) is 17.7 Å². The van der Waals surface area contributed by atoms with Gasteiger partial charge in [0.25, 0.3) is 0 Å². The molecule has 1 aromatic heterocycles. The van der Waals surface area contributed by atoms with Gasteiger partial charge in [0, 0.05) is 24.9 Å². The summed E-state index contributed by atoms with van der Waals surface area (Å²) >= 11 is 0. The third kappa shape index (κ3) is 3.11. The predicted octanol–water partition coefficient (Wildman–Crippen LogP) is 2.93. The molecule has 0 aromatic carbocycles. The standard InChI is InChI=1S/C16H28N4O/c1-6-19(12(4)5)16(21)13-9-7-8-10-14-17-18-15(11(2)3)20(13)14/h11-13H,6-10H2,1-5H3. The van der Waals surface area contributed by atoms with Gasteiger partial charge in [-0.1, -0.05) is 20.3 Å². The summed E-state index contributed by atoms with van der Waals surface area (Å²) in [5.74, 6) is 2.44. The lowest BCUT2D eigenvalue weighted by Crippen LogP contribution is -2.42. The van der Waals surface area contributed by atoms with E-state index >= 15 is 0 Å². The van der Waals surface area contributed by atoms with Crippen LogP contribution in [0.25, 0.3) is 0 Å². The molecule has 118 valence electrons. The molecule has 1 aliphatic rings. The molecule has 2 heterocycles. The lowest BCUT2D eigenvalue weighted by atomic mass is 10.1. The number of carbonyl (C=O) groups is 1. The van der Waals surface area contributed by atoms with Crippen LogP contribution in [-0.4, -0.2) is 38.2 Å². The van der Waals surface area contributed by atoms with Gasteiger partial charge in [-0.25, -0.2) is 0 Å². The molecule has 1 aromatic rings. The van der Waals surface area contributed by atoms with E-state index in [0.717, 1.165) is 43.9 Å². The van der Waals surface area contributed by atoms with Crippen molar-refractivity contribution >= 4 is 5.91 Å². The third-order valence-electron chi connectivity index (χ3n) is 4.28. The fourth-order valence-corrected chi connectivity index (χ4v) is 3.19. The Morgan fingerprint density at radius 1 is 1.29 bits per heavy atom. The van der Waals surface area contributed by atoms with Crippen molar-refractivity contribution in [3.05, 3.63) is 11.6 Å². The Morgan fingerprint density at radius 2 is 2.00 bits per heavy atom. The van der Waals surface area contributed by atoms with Crippen LogP contribution in [0.2, 0.25) is 0 Å². The SMILES string of the molecule is CCN(C(=O)C1CCCCc2nnc(C(C)C)n21)C(C)C. The maximum Gasteiger partial charge on any atom is 0.245 e. The molecule has 1 atom stereocenters. The topological polar surface area (TPSA) is 51.0 Å². The summed E-state index contributed by atoms with van der Waals surface area (Å²) in [6.45, 7) is 11.2. The summed E-state index contributed by atoms with van der Waals surface area (Å²) in [5, 5.41) is 8.69. The van der Waals surface area contributed by atoms with Gasteiger partial charge in [-0.15, -0.1) is 10.2 Å². The minimum atomic E-state index is -0.128. The maximum absolute atomic E-state index is 13.0. The van der Waals surface area contributed by atoms with Crippen molar-refractivity contribution in [3.8, 4) is 0 Å². The summed E-state index contributed by atoms with van der Waals surface area (Å²) < 4.78 is 2.13. The molecule has 0 fully saturated rings. The normalized spacial score (nSPS) is 18.7. The summed E-state index contributed by atoms with van der Waals surface area (Å²) in [4.78, 5) is 15.0. The summed E-state index contributed by atoms with van der Waals surface area (Å²) in [5.41, 5.74) is 0. The van der Waals surface area contributed by atoms with E-state index in [1.54, 1.807) is 0 Å². The van der Waals surface area contributed by atoms with Crippen LogP contribution in [-0.2, 0) is 11.2 Å². The van der Waals surface area contributed by atoms with E-state index in [2.05, 4.69) is 42.5 Å². The number of aromatic nitrogens is 3. The number of nitrogens with zero attached hydrogens (tertiary/aromatic N) is 4. The lowest BCUT2D eigenvalue weighted by molar-refractivity contribution is -0.136. The lowest BCUT2D eigenvalue weighted by Gasteiger charge is -2.31. The molecule has 1 amide bonds. The maximum atomic E-state index is 13.0. The van der Waals surface area contributed by atoms with Gasteiger partial charge < -0.3 is 9.47 Å². The van der Waals surface area contributed by atoms with Crippen molar-refractivity contribution < 1.29 is 4.79 Å². The van der Waals surface area contributed by atoms with Crippen molar-refractivity contribution in [1.82, 2.24) is 19.7 Å². The Morgan fingerprint density at radius 3 is 2.57 bits per heavy atom. The molecule has 1 aliphatic heterocycles. The van der Waals surface area contributed by atoms with Gasteiger partial charge in [-0.2, -0.15) is 0 Å². The van der Waals surface area contributed by atoms with Crippen molar-refractivity contribution in [2.75, 3.05) is 6.54 Å². The Labute approximate surface area is 127 Å². The number of rotatable bonds is 4. The molecule has 0 N–H and O–H groups in total. The minimum absolute atomic E-state index is 0.128. The van der Waals surface area contributed by atoms with E-state index in [4.69, 9.17) is 0 Å². The average molecular weight is 292 g/mol. The molecule has 0 spiro atoms. The largest absolute Gasteiger partial charge is 0.339 e. The molecule has 21 heavy (non-hydrogen) atoms. The third-order valence-corrected chi connectivity index (χ3v) is 4.28. The molecule has 0 saturated carbocycles. The van der Waals surface area contributed by atoms with Gasteiger partial charge in [-0.3, -0.25) is 4.79 Å². The predicted molar refractivity (Wildman–Crippen MR) is 83.2 cm³/mol. The highest BCUT2D eigenvalue weighted by Crippen LogP contribution is 2.29. The second kappa shape index (κ2) is 6.58. The van der Waals surface area contributed by atoms with Crippen LogP contribution in [0.1, 0.15) is 77.5 Å². The Hall–Kier alpha value is -1.39. The molecule has 1 unspecified atom stereocenters. The molecule has 0 aliphatic carbocycles. The first-order valence-corrected chi connectivity index (χ1v) is 8.21. The van der Waals surface area contributed by atoms with Gasteiger partial charge in [0.15, 0.2) is 0 Å². The molecule has 5 heteroatoms. The Kier molecular flexibility index (Phi) is 5.01. The number of amides is 1. The van der Waals surface area contributed by atoms with E-state index in [1.165, 1.54) is 0 Å². The molecule has 0 saturated heterocycles. The number of likely N-dealkylation sites (N-methyl/N-ethyl adjacent to an activating group) is 1. The Bertz CT molecular complexity index is 492. The van der Waals surface area contributed by atoms with Gasteiger partial charge in [0.05, 0.1) is 0 Å². The molecule has 0 radical (unpaired) electrons. The van der Waals surface area contributed by atoms with Crippen molar-refractivity contribution in [2.45, 2.75) is 78.3 Å². The van der Waals surface area contributed by atoms with Gasteiger partial charge in [0.2, 0.25) is 5.91 Å². The summed E-state index contributed by atoms with van der Waals surface area (Å²) in [6.07, 6.45) is 3.99. The second-order valence-corrected chi connectivity index (χ2v) is 6.48. The van der Waals surface area contributed by atoms with Gasteiger partial charge in [-0.05, 0) is 33.6 Å². The summed E-state index contributed by atoms with van der Waals surface area (Å²) in [7, 11) is 0. The van der Waals surface area contributed by atoms with Crippen LogP contribution in [0.15, 0.2) is 0 Å². The highest BCUT2D eigenvalue weighted by atomic mass is 16.2. The van der Waals surface area contributed by atoms with E-state index in [1.807, 2.05) is 11.8 Å². The van der Waals surface area contributed by atoms with Crippen molar-refractivity contribution in [2.24, 2.45) is 0 Å². The highest BCUT2D eigenvalue weighted by molar-refractivity contribution is 5.81. The number of fused-ring (bicyclic) bond motifs is 1. The smallest absolute Gasteiger partial charge is 0.245 e. The van der Waals surface area contributed by atoms with E-state index in [0.29, 0.717) is 0 Å². The van der Waals surface area contributed by atoms with Crippen LogP contribution < -0.4 is 0 Å². The molecular formula is C16H28N4O.